The lowest BCUT2D eigenvalue weighted by Crippen LogP contribution is -1.87. The normalized spacial score (nSPS) is 10.9. The van der Waals surface area contributed by atoms with Gasteiger partial charge in [0.05, 0.1) is 41.0 Å². The molecule has 6 aromatic carbocycles. The fourth-order valence-electron chi connectivity index (χ4n) is 6.82. The first-order chi connectivity index (χ1) is 28.8. The predicted octanol–water partition coefficient (Wildman–Crippen LogP) is 15.3. The molecular weight excluding hydrogens is 1010 g/mol. The number of aryl methyl sites for hydroxylation is 1. The van der Waals surface area contributed by atoms with Crippen molar-refractivity contribution in [2.24, 2.45) is 0 Å². The Morgan fingerprint density at radius 2 is 1.03 bits per heavy atom. The molecule has 0 aliphatic heterocycles. The van der Waals surface area contributed by atoms with Crippen molar-refractivity contribution in [1.29, 1.82) is 0 Å². The van der Waals surface area contributed by atoms with Crippen LogP contribution in [0.4, 0.5) is 0 Å². The number of rotatable bonds is 3. The van der Waals surface area contributed by atoms with E-state index in [2.05, 4.69) is 74.9 Å². The largest absolute Gasteiger partial charge is 0.495 e. The molecule has 4 aromatic heterocycles. The lowest BCUT2D eigenvalue weighted by molar-refractivity contribution is 0.413. The number of hydrogen-bond donors (Lipinski definition) is 0. The molecule has 0 spiro atoms. The highest BCUT2D eigenvalue weighted by molar-refractivity contribution is 14.1. The summed E-state index contributed by atoms with van der Waals surface area (Å²) in [6, 6.07) is 43.0. The van der Waals surface area contributed by atoms with E-state index >= 15 is 0 Å². The summed E-state index contributed by atoms with van der Waals surface area (Å²) >= 11 is 17.5. The van der Waals surface area contributed by atoms with Crippen LogP contribution in [0, 0.1) is 37.7 Å². The minimum absolute atomic E-state index is 0.499. The third-order valence-corrected chi connectivity index (χ3v) is 12.5. The molecule has 0 aliphatic rings. The van der Waals surface area contributed by atoms with Gasteiger partial charge >= 0.3 is 0 Å². The van der Waals surface area contributed by atoms with E-state index in [-0.39, 0.29) is 0 Å². The van der Waals surface area contributed by atoms with Gasteiger partial charge in [0.25, 0.3) is 0 Å². The molecule has 0 aliphatic carbocycles. The van der Waals surface area contributed by atoms with Crippen molar-refractivity contribution >= 4 is 112 Å². The Morgan fingerprint density at radius 1 is 0.492 bits per heavy atom. The van der Waals surface area contributed by atoms with Gasteiger partial charge in [-0.05, 0) is 112 Å². The topological polar surface area (TPSA) is 61.8 Å². The Kier molecular flexibility index (Phi) is 11.0. The smallest absolute Gasteiger partial charge is 0.194 e. The van der Waals surface area contributed by atoms with Gasteiger partial charge in [-0.15, -0.1) is 0 Å². The van der Waals surface area contributed by atoms with Crippen molar-refractivity contribution in [2.75, 3.05) is 7.11 Å². The fourth-order valence-corrected chi connectivity index (χ4v) is 8.87. The minimum atomic E-state index is 0.499. The molecule has 0 radical (unpaired) electrons. The zero-order chi connectivity index (χ0) is 40.6. The lowest BCUT2D eigenvalue weighted by atomic mass is 10.1. The Hall–Kier alpha value is -5.56. The molecule has 9 heteroatoms. The molecule has 10 rings (SSSR count). The molecule has 0 N–H and O–H groups in total. The average molecular weight is 1030 g/mol. The van der Waals surface area contributed by atoms with Crippen molar-refractivity contribution in [1.82, 2.24) is 0 Å². The van der Waals surface area contributed by atoms with E-state index in [1.807, 2.05) is 128 Å². The van der Waals surface area contributed by atoms with Crippen molar-refractivity contribution in [2.45, 2.75) is 6.92 Å². The molecule has 5 nitrogen and oxygen atoms in total. The molecular formula is C50H28Cl2I2O5. The highest BCUT2D eigenvalue weighted by Gasteiger charge is 2.29. The number of benzene rings is 6. The second-order valence-corrected chi connectivity index (χ2v) is 16.3. The van der Waals surface area contributed by atoms with Crippen LogP contribution in [0.5, 0.6) is 5.75 Å². The average Bonchev–Trinajstić information content (AvgIpc) is 4.01. The molecule has 0 saturated carbocycles. The first-order valence-corrected chi connectivity index (χ1v) is 21.2. The van der Waals surface area contributed by atoms with Gasteiger partial charge in [-0.3, -0.25) is 0 Å². The number of halogens is 4. The number of para-hydroxylation sites is 5. The van der Waals surface area contributed by atoms with Crippen molar-refractivity contribution in [3.63, 3.8) is 0 Å². The van der Waals surface area contributed by atoms with E-state index < -0.39 is 0 Å². The zero-order valence-electron chi connectivity index (χ0n) is 31.3. The predicted molar refractivity (Wildman–Crippen MR) is 254 cm³/mol. The van der Waals surface area contributed by atoms with E-state index in [1.54, 1.807) is 13.2 Å². The van der Waals surface area contributed by atoms with Crippen molar-refractivity contribution in [3.05, 3.63) is 179 Å². The summed E-state index contributed by atoms with van der Waals surface area (Å²) in [5.41, 5.74) is 7.28. The van der Waals surface area contributed by atoms with E-state index in [4.69, 9.17) is 45.6 Å². The first kappa shape index (κ1) is 38.9. The highest BCUT2D eigenvalue weighted by Crippen LogP contribution is 2.49. The minimum Gasteiger partial charge on any atom is -0.495 e. The standard InChI is InChI=1S/C26H17ClO2.C24H11ClI2O3/c1-18-8-3-4-9-19(18)15-17-25-21(22-11-7-12-23(27)26(22)29-25)16-14-20-10-5-6-13-24(20)28-2;25-15-9-5-8-14-18(22-19(26)12-6-1-3-10-16(12)28-22)23(30-21(14)15)24-20(27)13-7-2-4-11-17(13)29-24/h3-13H,1-2H3;1-11H. The summed E-state index contributed by atoms with van der Waals surface area (Å²) in [5.74, 6) is 16.0. The second kappa shape index (κ2) is 16.6. The molecule has 59 heavy (non-hydrogen) atoms. The van der Waals surface area contributed by atoms with Crippen LogP contribution in [0.15, 0.2) is 151 Å². The molecule has 4 heterocycles. The number of furan rings is 4. The van der Waals surface area contributed by atoms with Crippen LogP contribution in [0.3, 0.4) is 0 Å². The Morgan fingerprint density at radius 3 is 1.71 bits per heavy atom. The van der Waals surface area contributed by atoms with Crippen LogP contribution >= 0.6 is 68.4 Å². The van der Waals surface area contributed by atoms with Crippen LogP contribution in [-0.2, 0) is 0 Å². The summed E-state index contributed by atoms with van der Waals surface area (Å²) in [7, 11) is 1.63. The number of hydrogen-bond acceptors (Lipinski definition) is 5. The Bertz CT molecular complexity index is 3360. The van der Waals surface area contributed by atoms with E-state index in [1.165, 1.54) is 0 Å². The summed E-state index contributed by atoms with van der Waals surface area (Å²) in [4.78, 5) is 0. The third kappa shape index (κ3) is 7.38. The van der Waals surface area contributed by atoms with Crippen molar-refractivity contribution in [3.8, 4) is 52.3 Å². The van der Waals surface area contributed by atoms with Gasteiger partial charge in [0, 0.05) is 27.1 Å². The van der Waals surface area contributed by atoms with Crippen LogP contribution in [0.2, 0.25) is 10.0 Å². The number of methoxy groups -OCH3 is 1. The first-order valence-electron chi connectivity index (χ1n) is 18.3. The summed E-state index contributed by atoms with van der Waals surface area (Å²) in [6.07, 6.45) is 0. The maximum absolute atomic E-state index is 6.50. The number of fused-ring (bicyclic) bond motifs is 4. The van der Waals surface area contributed by atoms with Gasteiger partial charge in [-0.25, -0.2) is 0 Å². The monoisotopic (exact) mass is 1030 g/mol. The molecule has 0 amide bonds. The molecule has 0 bridgehead atoms. The Labute approximate surface area is 376 Å². The van der Waals surface area contributed by atoms with E-state index in [9.17, 15) is 0 Å². The van der Waals surface area contributed by atoms with Gasteiger partial charge in [0.2, 0.25) is 0 Å². The highest BCUT2D eigenvalue weighted by atomic mass is 127. The molecule has 0 saturated heterocycles. The summed E-state index contributed by atoms with van der Waals surface area (Å²) in [5, 5.41) is 4.93. The van der Waals surface area contributed by atoms with Crippen LogP contribution in [-0.4, -0.2) is 7.11 Å². The SMILES string of the molecule is COc1ccccc1C#Cc1c(C#Cc2ccccc2C)oc2c(Cl)cccc12.Clc1cccc2c(-c3oc4ccccc4c3I)c(-c3oc4ccccc4c3I)oc12. The maximum Gasteiger partial charge on any atom is 0.194 e. The molecule has 0 atom stereocenters. The van der Waals surface area contributed by atoms with Crippen molar-refractivity contribution < 1.29 is 22.4 Å². The second-order valence-electron chi connectivity index (χ2n) is 13.3. The molecule has 0 fully saturated rings. The van der Waals surface area contributed by atoms with Gasteiger partial charge < -0.3 is 22.4 Å². The number of ether oxygens (including phenoxy) is 1. The van der Waals surface area contributed by atoms with Gasteiger partial charge in [0.15, 0.2) is 34.2 Å². The lowest BCUT2D eigenvalue weighted by Gasteiger charge is -2.00. The maximum atomic E-state index is 6.50. The quantitative estimate of drug-likeness (QED) is 0.130. The van der Waals surface area contributed by atoms with E-state index in [0.717, 1.165) is 79.2 Å². The summed E-state index contributed by atoms with van der Waals surface area (Å²) < 4.78 is 32.3. The van der Waals surface area contributed by atoms with Gasteiger partial charge in [0.1, 0.15) is 16.9 Å². The summed E-state index contributed by atoms with van der Waals surface area (Å²) in [6.45, 7) is 2.03. The molecule has 286 valence electrons. The van der Waals surface area contributed by atoms with Crippen LogP contribution < -0.4 is 4.74 Å². The third-order valence-electron chi connectivity index (χ3n) is 9.72. The molecule has 0 unspecified atom stereocenters. The van der Waals surface area contributed by atoms with Gasteiger partial charge in [-0.1, -0.05) is 126 Å². The van der Waals surface area contributed by atoms with E-state index in [0.29, 0.717) is 38.5 Å². The zero-order valence-corrected chi connectivity index (χ0v) is 37.1. The van der Waals surface area contributed by atoms with Crippen LogP contribution in [0.25, 0.3) is 66.7 Å². The molecule has 10 aromatic rings. The fraction of sp³-hybridized carbons (Fsp3) is 0.0400. The van der Waals surface area contributed by atoms with Gasteiger partial charge in [-0.2, -0.15) is 0 Å². The Balaban J connectivity index is 0.000000152. The van der Waals surface area contributed by atoms with Crippen LogP contribution in [0.1, 0.15) is 28.0 Å².